The largest absolute Gasteiger partial charge is 0.0779 e. The van der Waals surface area contributed by atoms with Crippen LogP contribution in [-0.2, 0) is 0 Å². The van der Waals surface area contributed by atoms with E-state index < -0.39 is 8.07 Å². The van der Waals surface area contributed by atoms with Crippen LogP contribution in [0.25, 0.3) is 0 Å². The van der Waals surface area contributed by atoms with Gasteiger partial charge in [-0.25, -0.2) is 0 Å². The van der Waals surface area contributed by atoms with Gasteiger partial charge in [-0.1, -0.05) is 52.4 Å². The maximum atomic E-state index is 3.51. The second-order valence-electron chi connectivity index (χ2n) is 4.21. The first kappa shape index (κ1) is 10.0. The lowest BCUT2D eigenvalue weighted by molar-refractivity contribution is 1.47. The molecule has 1 rings (SSSR count). The van der Waals surface area contributed by atoms with E-state index in [-0.39, 0.29) is 0 Å². The molecule has 1 aromatic carbocycles. The highest BCUT2D eigenvalue weighted by Gasteiger charge is 2.18. The maximum Gasteiger partial charge on any atom is 0.0779 e. The molecule has 0 saturated heterocycles. The summed E-state index contributed by atoms with van der Waals surface area (Å²) in [6, 6.07) is 6.57. The summed E-state index contributed by atoms with van der Waals surface area (Å²) in [5.41, 5.74) is 1.43. The first-order valence-electron chi connectivity index (χ1n) is 4.18. The zero-order valence-corrected chi connectivity index (χ0v) is 10.7. The summed E-state index contributed by atoms with van der Waals surface area (Å²) in [7, 11) is -1.14. The minimum atomic E-state index is -1.14. The third kappa shape index (κ3) is 2.20. The zero-order valence-electron chi connectivity index (χ0n) is 8.11. The zero-order chi connectivity index (χ0) is 9.35. The van der Waals surface area contributed by atoms with Crippen LogP contribution < -0.4 is 5.19 Å². The Morgan fingerprint density at radius 1 is 1.17 bits per heavy atom. The van der Waals surface area contributed by atoms with Crippen molar-refractivity contribution in [2.24, 2.45) is 0 Å². The van der Waals surface area contributed by atoms with Gasteiger partial charge in [0.05, 0.1) is 8.07 Å². The molecular weight excluding hydrogens is 228 g/mol. The fourth-order valence-electron chi connectivity index (χ4n) is 1.40. The average molecular weight is 243 g/mol. The van der Waals surface area contributed by atoms with Gasteiger partial charge in [0.2, 0.25) is 0 Å². The Morgan fingerprint density at radius 2 is 1.75 bits per heavy atom. The molecule has 12 heavy (non-hydrogen) atoms. The van der Waals surface area contributed by atoms with Crippen LogP contribution in [-0.4, -0.2) is 8.07 Å². The van der Waals surface area contributed by atoms with E-state index in [1.807, 2.05) is 0 Å². The Hall–Kier alpha value is -0.0831. The van der Waals surface area contributed by atoms with Crippen LogP contribution in [0, 0.1) is 6.92 Å². The Bertz CT molecular complexity index is 286. The summed E-state index contributed by atoms with van der Waals surface area (Å²) in [5, 5.41) is 1.55. The number of rotatable bonds is 1. The molecule has 0 bridgehead atoms. The molecule has 0 N–H and O–H groups in total. The lowest BCUT2D eigenvalue weighted by Crippen LogP contribution is -2.39. The van der Waals surface area contributed by atoms with E-state index in [9.17, 15) is 0 Å². The van der Waals surface area contributed by atoms with Crippen LogP contribution in [0.4, 0.5) is 0 Å². The van der Waals surface area contributed by atoms with E-state index in [1.54, 1.807) is 5.19 Å². The maximum absolute atomic E-state index is 3.51. The van der Waals surface area contributed by atoms with Crippen molar-refractivity contribution in [3.05, 3.63) is 28.2 Å². The van der Waals surface area contributed by atoms with E-state index >= 15 is 0 Å². The van der Waals surface area contributed by atoms with Gasteiger partial charge in [-0.05, 0) is 19.1 Å². The molecule has 0 aliphatic heterocycles. The molecule has 0 fully saturated rings. The van der Waals surface area contributed by atoms with Crippen LogP contribution in [0.3, 0.4) is 0 Å². The SMILES string of the molecule is Cc1ccc(Br)cc1[Si](C)(C)C. The van der Waals surface area contributed by atoms with Crippen molar-refractivity contribution in [2.45, 2.75) is 26.6 Å². The topological polar surface area (TPSA) is 0 Å². The van der Waals surface area contributed by atoms with E-state index in [0.717, 1.165) is 0 Å². The van der Waals surface area contributed by atoms with Crippen molar-refractivity contribution in [3.8, 4) is 0 Å². The summed E-state index contributed by atoms with van der Waals surface area (Å²) in [6.07, 6.45) is 0. The standard InChI is InChI=1S/C10H15BrSi/c1-8-5-6-9(11)7-10(8)12(2,3)4/h5-7H,1-4H3. The van der Waals surface area contributed by atoms with E-state index in [1.165, 1.54) is 10.0 Å². The van der Waals surface area contributed by atoms with Crippen LogP contribution in [0.1, 0.15) is 5.56 Å². The normalized spacial score (nSPS) is 11.8. The number of halogens is 1. The molecule has 0 nitrogen and oxygen atoms in total. The molecule has 0 aromatic heterocycles. The lowest BCUT2D eigenvalue weighted by atomic mass is 10.2. The van der Waals surface area contributed by atoms with Gasteiger partial charge in [0.25, 0.3) is 0 Å². The fourth-order valence-corrected chi connectivity index (χ4v) is 3.83. The highest BCUT2D eigenvalue weighted by molar-refractivity contribution is 9.10. The van der Waals surface area contributed by atoms with Gasteiger partial charge in [-0.15, -0.1) is 0 Å². The molecular formula is C10H15BrSi. The summed E-state index contributed by atoms with van der Waals surface area (Å²) in [6.45, 7) is 9.32. The van der Waals surface area contributed by atoms with E-state index in [2.05, 4.69) is 60.7 Å². The molecule has 0 amide bonds. The molecule has 0 atom stereocenters. The summed E-state index contributed by atoms with van der Waals surface area (Å²) >= 11 is 3.51. The van der Waals surface area contributed by atoms with Gasteiger partial charge in [0.1, 0.15) is 0 Å². The minimum Gasteiger partial charge on any atom is -0.0656 e. The van der Waals surface area contributed by atoms with Crippen molar-refractivity contribution in [3.63, 3.8) is 0 Å². The third-order valence-corrected chi connectivity index (χ3v) is 4.66. The van der Waals surface area contributed by atoms with Crippen molar-refractivity contribution in [1.82, 2.24) is 0 Å². The van der Waals surface area contributed by atoms with Crippen LogP contribution in [0.15, 0.2) is 22.7 Å². The van der Waals surface area contributed by atoms with Crippen LogP contribution in [0.5, 0.6) is 0 Å². The van der Waals surface area contributed by atoms with Crippen LogP contribution >= 0.6 is 15.9 Å². The molecule has 0 radical (unpaired) electrons. The predicted molar refractivity (Wildman–Crippen MR) is 61.9 cm³/mol. The Kier molecular flexibility index (Phi) is 2.79. The molecule has 1 aromatic rings. The Morgan fingerprint density at radius 3 is 2.17 bits per heavy atom. The van der Waals surface area contributed by atoms with Gasteiger partial charge in [0.15, 0.2) is 0 Å². The quantitative estimate of drug-likeness (QED) is 0.664. The summed E-state index contributed by atoms with van der Waals surface area (Å²) in [5.74, 6) is 0. The van der Waals surface area contributed by atoms with Crippen molar-refractivity contribution in [1.29, 1.82) is 0 Å². The summed E-state index contributed by atoms with van der Waals surface area (Å²) < 4.78 is 1.20. The number of hydrogen-bond donors (Lipinski definition) is 0. The first-order chi connectivity index (χ1) is 5.41. The second kappa shape index (κ2) is 3.34. The Balaban J connectivity index is 3.23. The van der Waals surface area contributed by atoms with Gasteiger partial charge < -0.3 is 0 Å². The van der Waals surface area contributed by atoms with Crippen LogP contribution in [0.2, 0.25) is 19.6 Å². The molecule has 0 unspecified atom stereocenters. The summed E-state index contributed by atoms with van der Waals surface area (Å²) in [4.78, 5) is 0. The van der Waals surface area contributed by atoms with E-state index in [4.69, 9.17) is 0 Å². The third-order valence-electron chi connectivity index (χ3n) is 2.01. The molecule has 0 saturated carbocycles. The van der Waals surface area contributed by atoms with Gasteiger partial charge in [-0.2, -0.15) is 0 Å². The molecule has 0 heterocycles. The second-order valence-corrected chi connectivity index (χ2v) is 10.2. The molecule has 0 aliphatic rings. The highest BCUT2D eigenvalue weighted by Crippen LogP contribution is 2.13. The highest BCUT2D eigenvalue weighted by atomic mass is 79.9. The molecule has 0 aliphatic carbocycles. The van der Waals surface area contributed by atoms with Crippen molar-refractivity contribution >= 4 is 29.2 Å². The van der Waals surface area contributed by atoms with Crippen molar-refractivity contribution < 1.29 is 0 Å². The molecule has 66 valence electrons. The smallest absolute Gasteiger partial charge is 0.0656 e. The predicted octanol–water partition coefficient (Wildman–Crippen LogP) is 3.30. The number of benzene rings is 1. The number of aryl methyl sites for hydroxylation is 1. The minimum absolute atomic E-state index is 1.14. The van der Waals surface area contributed by atoms with Gasteiger partial charge in [0, 0.05) is 4.47 Å². The monoisotopic (exact) mass is 242 g/mol. The lowest BCUT2D eigenvalue weighted by Gasteiger charge is -2.19. The molecule has 0 spiro atoms. The van der Waals surface area contributed by atoms with Crippen molar-refractivity contribution in [2.75, 3.05) is 0 Å². The van der Waals surface area contributed by atoms with Gasteiger partial charge in [-0.3, -0.25) is 0 Å². The first-order valence-corrected chi connectivity index (χ1v) is 8.47. The average Bonchev–Trinajstić information content (AvgIpc) is 1.92. The Labute approximate surface area is 84.1 Å². The fraction of sp³-hybridized carbons (Fsp3) is 0.400. The van der Waals surface area contributed by atoms with Gasteiger partial charge >= 0.3 is 0 Å². The number of hydrogen-bond acceptors (Lipinski definition) is 0. The van der Waals surface area contributed by atoms with E-state index in [0.29, 0.717) is 0 Å². The molecule has 2 heteroatoms.